The summed E-state index contributed by atoms with van der Waals surface area (Å²) in [6.45, 7) is 1.22. The Morgan fingerprint density at radius 1 is 1.33 bits per heavy atom. The number of likely N-dealkylation sites (N-methyl/N-ethyl adjacent to an activating group) is 1. The van der Waals surface area contributed by atoms with E-state index in [-0.39, 0.29) is 5.71 Å². The third-order valence-corrected chi connectivity index (χ3v) is 2.47. The zero-order valence-corrected chi connectivity index (χ0v) is 8.08. The number of rotatable bonds is 2. The van der Waals surface area contributed by atoms with Crippen LogP contribution >= 0.6 is 0 Å². The van der Waals surface area contributed by atoms with Gasteiger partial charge in [0.15, 0.2) is 0 Å². The quantitative estimate of drug-likeness (QED) is 0.312. The van der Waals surface area contributed by atoms with Crippen molar-refractivity contribution in [1.29, 1.82) is 0 Å². The highest BCUT2D eigenvalue weighted by molar-refractivity contribution is 5.92. The molecule has 0 aromatic heterocycles. The molecule has 1 aliphatic heterocycles. The lowest BCUT2D eigenvalue weighted by atomic mass is 10.00. The average molecular weight is 218 g/mol. The lowest BCUT2D eigenvalue weighted by molar-refractivity contribution is -0.687. The van der Waals surface area contributed by atoms with E-state index in [4.69, 9.17) is 11.5 Å². The van der Waals surface area contributed by atoms with Crippen LogP contribution in [0.1, 0.15) is 6.92 Å². The molecule has 0 radical (unpaired) electrons. The lowest BCUT2D eigenvalue weighted by Gasteiger charge is -2.27. The second-order valence-electron chi connectivity index (χ2n) is 3.22. The molecular weight excluding hydrogens is 208 g/mol. The largest absolute Gasteiger partial charge is 0.457 e. The van der Waals surface area contributed by atoms with E-state index < -0.39 is 21.3 Å². The van der Waals surface area contributed by atoms with Gasteiger partial charge in [-0.15, -0.1) is 0 Å². The van der Waals surface area contributed by atoms with Gasteiger partial charge in [-0.3, -0.25) is 26.0 Å². The highest BCUT2D eigenvalue weighted by Gasteiger charge is 2.76. The number of nitrogens with zero attached hydrogens (tertiary/aromatic N) is 4. The van der Waals surface area contributed by atoms with E-state index in [1.165, 1.54) is 6.92 Å². The maximum absolute atomic E-state index is 10.8. The van der Waals surface area contributed by atoms with Crippen LogP contribution in [-0.4, -0.2) is 39.1 Å². The van der Waals surface area contributed by atoms with Crippen molar-refractivity contribution in [1.82, 2.24) is 5.01 Å². The minimum absolute atomic E-state index is 0.214. The first-order valence-electron chi connectivity index (χ1n) is 3.85. The van der Waals surface area contributed by atoms with Gasteiger partial charge in [0.25, 0.3) is 0 Å². The molecule has 1 aliphatic rings. The zero-order valence-electron chi connectivity index (χ0n) is 8.08. The minimum Gasteiger partial charge on any atom is -0.262 e. The fourth-order valence-corrected chi connectivity index (χ4v) is 1.41. The van der Waals surface area contributed by atoms with Gasteiger partial charge in [-0.1, -0.05) is 0 Å². The van der Waals surface area contributed by atoms with Gasteiger partial charge in [-0.05, 0) is 6.92 Å². The maximum atomic E-state index is 10.8. The van der Waals surface area contributed by atoms with Crippen molar-refractivity contribution in [3.05, 3.63) is 20.2 Å². The van der Waals surface area contributed by atoms with E-state index >= 15 is 0 Å². The summed E-state index contributed by atoms with van der Waals surface area (Å²) in [7, 11) is 1.16. The van der Waals surface area contributed by atoms with Gasteiger partial charge in [-0.25, -0.2) is 10.7 Å². The Kier molecular flexibility index (Phi) is 2.13. The van der Waals surface area contributed by atoms with Crippen molar-refractivity contribution in [2.24, 2.45) is 16.6 Å². The van der Waals surface area contributed by atoms with E-state index in [0.717, 1.165) is 7.05 Å². The predicted molar refractivity (Wildman–Crippen MR) is 48.7 cm³/mol. The van der Waals surface area contributed by atoms with Gasteiger partial charge in [0.2, 0.25) is 0 Å². The Morgan fingerprint density at radius 3 is 2.07 bits per heavy atom. The average Bonchev–Trinajstić information content (AvgIpc) is 2.29. The van der Waals surface area contributed by atoms with E-state index in [2.05, 4.69) is 5.10 Å². The highest BCUT2D eigenvalue weighted by atomic mass is 16.7. The second-order valence-corrected chi connectivity index (χ2v) is 3.22. The highest BCUT2D eigenvalue weighted by Crippen LogP contribution is 2.30. The van der Waals surface area contributed by atoms with Gasteiger partial charge in [0.05, 0.1) is 9.85 Å². The number of nitro groups is 2. The SMILES string of the molecule is CC1=NN(C)C(N)([N+](=O)[O-])C1(N)[N+](=O)[O-]. The first-order valence-corrected chi connectivity index (χ1v) is 3.85. The molecule has 0 fully saturated rings. The Bertz CT molecular complexity index is 369. The molecule has 10 heteroatoms. The first kappa shape index (κ1) is 11.3. The van der Waals surface area contributed by atoms with Crippen molar-refractivity contribution >= 4 is 5.71 Å². The van der Waals surface area contributed by atoms with Crippen molar-refractivity contribution in [2.45, 2.75) is 18.4 Å². The Hall–Kier alpha value is -1.81. The number of hydrogen-bond donors (Lipinski definition) is 2. The molecule has 0 aliphatic carbocycles. The zero-order chi connectivity index (χ0) is 12.0. The van der Waals surface area contributed by atoms with Crippen LogP contribution in [0.15, 0.2) is 5.10 Å². The van der Waals surface area contributed by atoms with Crippen molar-refractivity contribution in [3.63, 3.8) is 0 Å². The fourth-order valence-electron chi connectivity index (χ4n) is 1.41. The summed E-state index contributed by atoms with van der Waals surface area (Å²) < 4.78 is 0. The first-order chi connectivity index (χ1) is 6.69. The molecule has 0 saturated heterocycles. The molecule has 4 N–H and O–H groups in total. The second kappa shape index (κ2) is 2.84. The minimum atomic E-state index is -2.57. The smallest absolute Gasteiger partial charge is 0.262 e. The molecule has 2 atom stereocenters. The van der Waals surface area contributed by atoms with Crippen LogP contribution in [0.4, 0.5) is 0 Å². The third-order valence-electron chi connectivity index (χ3n) is 2.47. The molecule has 0 aromatic carbocycles. The van der Waals surface area contributed by atoms with Gasteiger partial charge in [-0.2, -0.15) is 5.10 Å². The summed E-state index contributed by atoms with van der Waals surface area (Å²) in [4.78, 5) is 19.5. The molecule has 0 aromatic rings. The molecule has 15 heavy (non-hydrogen) atoms. The molecule has 2 unspecified atom stereocenters. The molecule has 84 valence electrons. The fraction of sp³-hybridized carbons (Fsp3) is 0.800. The van der Waals surface area contributed by atoms with Crippen LogP contribution in [0.2, 0.25) is 0 Å². The van der Waals surface area contributed by atoms with Crippen LogP contribution < -0.4 is 11.5 Å². The van der Waals surface area contributed by atoms with Crippen LogP contribution in [0.3, 0.4) is 0 Å². The Morgan fingerprint density at radius 2 is 1.80 bits per heavy atom. The molecule has 0 spiro atoms. The predicted octanol–water partition coefficient (Wildman–Crippen LogP) is -1.87. The normalized spacial score (nSPS) is 35.2. The summed E-state index contributed by atoms with van der Waals surface area (Å²) in [5.41, 5.74) is 8.00. The molecule has 10 nitrogen and oxygen atoms in total. The maximum Gasteiger partial charge on any atom is 0.457 e. The van der Waals surface area contributed by atoms with Crippen LogP contribution in [0.5, 0.6) is 0 Å². The van der Waals surface area contributed by atoms with Gasteiger partial charge >= 0.3 is 11.4 Å². The molecule has 1 rings (SSSR count). The Balaban J connectivity index is 3.41. The van der Waals surface area contributed by atoms with Crippen molar-refractivity contribution in [2.75, 3.05) is 7.05 Å². The van der Waals surface area contributed by atoms with E-state index in [1.54, 1.807) is 0 Å². The lowest BCUT2D eigenvalue weighted by Crippen LogP contribution is -2.78. The molecular formula is C5H10N6O4. The summed E-state index contributed by atoms with van der Waals surface area (Å²) in [5, 5.41) is 25.8. The van der Waals surface area contributed by atoms with E-state index in [0.29, 0.717) is 5.01 Å². The number of hydrogen-bond acceptors (Lipinski definition) is 8. The summed E-state index contributed by atoms with van der Waals surface area (Å²) in [6, 6.07) is 0. The summed E-state index contributed by atoms with van der Waals surface area (Å²) >= 11 is 0. The van der Waals surface area contributed by atoms with Crippen LogP contribution in [0, 0.1) is 20.2 Å². The van der Waals surface area contributed by atoms with Crippen LogP contribution in [0.25, 0.3) is 0 Å². The summed E-state index contributed by atoms with van der Waals surface area (Å²) in [5.74, 6) is -2.57. The molecule has 1 heterocycles. The van der Waals surface area contributed by atoms with Crippen molar-refractivity contribution < 1.29 is 9.85 Å². The summed E-state index contributed by atoms with van der Waals surface area (Å²) in [6.07, 6.45) is 0. The van der Waals surface area contributed by atoms with Gasteiger partial charge in [0, 0.05) is 7.05 Å². The standard InChI is InChI=1S/C5H10N6O4/c1-3-4(6,10(12)13)5(7,11(14)15)9(2)8-3/h6-7H2,1-2H3. The molecule has 0 saturated carbocycles. The van der Waals surface area contributed by atoms with Crippen molar-refractivity contribution in [3.8, 4) is 0 Å². The molecule has 0 amide bonds. The van der Waals surface area contributed by atoms with E-state index in [9.17, 15) is 20.2 Å². The van der Waals surface area contributed by atoms with Gasteiger partial charge < -0.3 is 0 Å². The monoisotopic (exact) mass is 218 g/mol. The number of nitrogens with two attached hydrogens (primary N) is 2. The van der Waals surface area contributed by atoms with Crippen LogP contribution in [-0.2, 0) is 0 Å². The topological polar surface area (TPSA) is 154 Å². The number of hydrazone groups is 1. The Labute approximate surface area is 83.8 Å². The van der Waals surface area contributed by atoms with E-state index in [1.807, 2.05) is 0 Å². The third kappa shape index (κ3) is 1.02. The van der Waals surface area contributed by atoms with Gasteiger partial charge in [0.1, 0.15) is 5.71 Å². The molecule has 0 bridgehead atoms.